The van der Waals surface area contributed by atoms with Crippen molar-refractivity contribution in [2.75, 3.05) is 15.1 Å². The van der Waals surface area contributed by atoms with Gasteiger partial charge in [-0.25, -0.2) is 4.90 Å². The molecule has 3 aromatic rings. The molecule has 0 aliphatic carbocycles. The fraction of sp³-hybridized carbons (Fsp3) is 0.148. The second kappa shape index (κ2) is 8.36. The van der Waals surface area contributed by atoms with Gasteiger partial charge in [-0.15, -0.1) is 0 Å². The van der Waals surface area contributed by atoms with Gasteiger partial charge in [0.05, 0.1) is 23.6 Å². The van der Waals surface area contributed by atoms with E-state index >= 15 is 0 Å². The summed E-state index contributed by atoms with van der Waals surface area (Å²) in [6.45, 7) is 0. The van der Waals surface area contributed by atoms with Crippen LogP contribution in [-0.4, -0.2) is 29.8 Å². The molecule has 3 amide bonds. The van der Waals surface area contributed by atoms with E-state index in [-0.39, 0.29) is 17.7 Å². The SMILES string of the molecule is O=C(Nc1ccc(Cl)cc1)[C@H]1[C@H]2C(=O)N(c3ccc(Br)cc3)C(=O)[C@H]2[C@@H]2C=Cc3ccccc3N21. The van der Waals surface area contributed by atoms with Gasteiger partial charge in [0.1, 0.15) is 6.04 Å². The lowest BCUT2D eigenvalue weighted by Gasteiger charge is -2.36. The molecular weight excluding hydrogens is 530 g/mol. The molecule has 3 aliphatic rings. The number of hydrogen-bond donors (Lipinski definition) is 1. The van der Waals surface area contributed by atoms with E-state index in [4.69, 9.17) is 11.6 Å². The number of nitrogens with zero attached hydrogens (tertiary/aromatic N) is 2. The third-order valence-corrected chi connectivity index (χ3v) is 7.66. The fourth-order valence-electron chi connectivity index (χ4n) is 5.41. The summed E-state index contributed by atoms with van der Waals surface area (Å²) >= 11 is 9.39. The van der Waals surface area contributed by atoms with Crippen molar-refractivity contribution < 1.29 is 14.4 Å². The van der Waals surface area contributed by atoms with Crippen LogP contribution in [0.3, 0.4) is 0 Å². The summed E-state index contributed by atoms with van der Waals surface area (Å²) in [5.74, 6) is -2.48. The van der Waals surface area contributed by atoms with Crippen molar-refractivity contribution in [2.45, 2.75) is 12.1 Å². The molecule has 6 nitrogen and oxygen atoms in total. The monoisotopic (exact) mass is 547 g/mol. The molecule has 174 valence electrons. The standard InChI is InChI=1S/C27H19BrClN3O3/c28-16-6-12-19(13-7-16)31-26(34)22-21-14-5-15-3-1-2-4-20(15)32(21)24(23(22)27(31)35)25(33)30-18-10-8-17(29)9-11-18/h1-14,21-24H,(H,30,33)/t21-,22-,23-,24+/m0/s1. The quantitative estimate of drug-likeness (QED) is 0.461. The summed E-state index contributed by atoms with van der Waals surface area (Å²) < 4.78 is 0.846. The Kier molecular flexibility index (Phi) is 5.27. The summed E-state index contributed by atoms with van der Waals surface area (Å²) in [5.41, 5.74) is 2.85. The van der Waals surface area contributed by atoms with Crippen LogP contribution in [0.25, 0.3) is 6.08 Å². The Hall–Kier alpha value is -3.42. The second-order valence-electron chi connectivity index (χ2n) is 8.80. The van der Waals surface area contributed by atoms with E-state index in [9.17, 15) is 14.4 Å². The number of halogens is 2. The van der Waals surface area contributed by atoms with Crippen LogP contribution in [0, 0.1) is 11.8 Å². The van der Waals surface area contributed by atoms with Crippen molar-refractivity contribution in [3.63, 3.8) is 0 Å². The number of carbonyl (C=O) groups is 3. The van der Waals surface area contributed by atoms with E-state index in [1.165, 1.54) is 4.90 Å². The Morgan fingerprint density at radius 2 is 1.57 bits per heavy atom. The van der Waals surface area contributed by atoms with E-state index in [1.807, 2.05) is 41.3 Å². The number of nitrogens with one attached hydrogen (secondary N) is 1. The van der Waals surface area contributed by atoms with Crippen molar-refractivity contribution in [1.29, 1.82) is 0 Å². The van der Waals surface area contributed by atoms with Gasteiger partial charge < -0.3 is 10.2 Å². The lowest BCUT2D eigenvalue weighted by molar-refractivity contribution is -0.126. The first kappa shape index (κ1) is 22.1. The first-order valence-electron chi connectivity index (χ1n) is 11.2. The molecule has 2 fully saturated rings. The normalized spacial score (nSPS) is 24.3. The van der Waals surface area contributed by atoms with Crippen molar-refractivity contribution in [1.82, 2.24) is 0 Å². The zero-order valence-corrected chi connectivity index (χ0v) is 20.6. The highest BCUT2D eigenvalue weighted by Gasteiger charge is 2.64. The Morgan fingerprint density at radius 1 is 0.886 bits per heavy atom. The number of amides is 3. The Labute approximate surface area is 215 Å². The minimum absolute atomic E-state index is 0.289. The highest BCUT2D eigenvalue weighted by Crippen LogP contribution is 2.49. The van der Waals surface area contributed by atoms with Gasteiger partial charge in [0.15, 0.2) is 0 Å². The van der Waals surface area contributed by atoms with Crippen LogP contribution >= 0.6 is 27.5 Å². The van der Waals surface area contributed by atoms with Crippen molar-refractivity contribution in [2.24, 2.45) is 11.8 Å². The van der Waals surface area contributed by atoms with Crippen LogP contribution < -0.4 is 15.1 Å². The zero-order valence-electron chi connectivity index (χ0n) is 18.3. The molecule has 0 bridgehead atoms. The molecule has 3 heterocycles. The molecule has 0 unspecified atom stereocenters. The van der Waals surface area contributed by atoms with Gasteiger partial charge in [0.2, 0.25) is 17.7 Å². The number of imide groups is 1. The third kappa shape index (κ3) is 3.49. The smallest absolute Gasteiger partial charge is 0.247 e. The van der Waals surface area contributed by atoms with Crippen LogP contribution in [0.15, 0.2) is 83.3 Å². The number of benzene rings is 3. The average molecular weight is 549 g/mol. The number of hydrogen-bond acceptors (Lipinski definition) is 4. The molecule has 0 saturated carbocycles. The van der Waals surface area contributed by atoms with Gasteiger partial charge in [-0.05, 0) is 60.2 Å². The third-order valence-electron chi connectivity index (χ3n) is 6.88. The Bertz CT molecular complexity index is 1390. The molecule has 3 aliphatic heterocycles. The van der Waals surface area contributed by atoms with Gasteiger partial charge in [-0.3, -0.25) is 14.4 Å². The van der Waals surface area contributed by atoms with Gasteiger partial charge in [0.25, 0.3) is 0 Å². The maximum Gasteiger partial charge on any atom is 0.247 e. The molecule has 4 atom stereocenters. The van der Waals surface area contributed by atoms with Crippen LogP contribution in [0.1, 0.15) is 5.56 Å². The summed E-state index contributed by atoms with van der Waals surface area (Å²) in [5, 5.41) is 3.49. The van der Waals surface area contributed by atoms with E-state index < -0.39 is 23.9 Å². The largest absolute Gasteiger partial charge is 0.351 e. The molecule has 0 spiro atoms. The van der Waals surface area contributed by atoms with Gasteiger partial charge in [0, 0.05) is 20.9 Å². The fourth-order valence-corrected chi connectivity index (χ4v) is 5.80. The first-order chi connectivity index (χ1) is 16.9. The Balaban J connectivity index is 1.43. The van der Waals surface area contributed by atoms with Crippen LogP contribution in [0.2, 0.25) is 5.02 Å². The van der Waals surface area contributed by atoms with E-state index in [0.29, 0.717) is 16.4 Å². The van der Waals surface area contributed by atoms with Crippen LogP contribution in [0.4, 0.5) is 17.1 Å². The molecule has 8 heteroatoms. The maximum absolute atomic E-state index is 13.8. The van der Waals surface area contributed by atoms with Crippen molar-refractivity contribution >= 4 is 68.4 Å². The van der Waals surface area contributed by atoms with Crippen LogP contribution in [0.5, 0.6) is 0 Å². The topological polar surface area (TPSA) is 69.7 Å². The minimum Gasteiger partial charge on any atom is -0.351 e. The van der Waals surface area contributed by atoms with Gasteiger partial charge >= 0.3 is 0 Å². The average Bonchev–Trinajstić information content (AvgIpc) is 3.34. The molecule has 35 heavy (non-hydrogen) atoms. The predicted molar refractivity (Wildman–Crippen MR) is 139 cm³/mol. The van der Waals surface area contributed by atoms with Crippen molar-refractivity contribution in [3.05, 3.63) is 93.9 Å². The highest BCUT2D eigenvalue weighted by molar-refractivity contribution is 9.10. The molecule has 6 rings (SSSR count). The zero-order chi connectivity index (χ0) is 24.3. The summed E-state index contributed by atoms with van der Waals surface area (Å²) in [6.07, 6.45) is 3.90. The molecule has 0 aromatic heterocycles. The van der Waals surface area contributed by atoms with E-state index in [1.54, 1.807) is 48.5 Å². The maximum atomic E-state index is 13.8. The number of para-hydroxylation sites is 1. The molecule has 3 aromatic carbocycles. The lowest BCUT2D eigenvalue weighted by Crippen LogP contribution is -2.50. The molecule has 2 saturated heterocycles. The van der Waals surface area contributed by atoms with Gasteiger partial charge in [-0.2, -0.15) is 0 Å². The number of anilines is 3. The summed E-state index contributed by atoms with van der Waals surface area (Å²) in [7, 11) is 0. The molecule has 0 radical (unpaired) electrons. The van der Waals surface area contributed by atoms with Crippen LogP contribution in [-0.2, 0) is 14.4 Å². The number of carbonyl (C=O) groups excluding carboxylic acids is 3. The Morgan fingerprint density at radius 3 is 2.31 bits per heavy atom. The summed E-state index contributed by atoms with van der Waals surface area (Å²) in [4.78, 5) is 44.4. The van der Waals surface area contributed by atoms with E-state index in [0.717, 1.165) is 15.7 Å². The molecular formula is C27H19BrClN3O3. The van der Waals surface area contributed by atoms with E-state index in [2.05, 4.69) is 21.2 Å². The number of rotatable bonds is 3. The predicted octanol–water partition coefficient (Wildman–Crippen LogP) is 5.13. The highest BCUT2D eigenvalue weighted by atomic mass is 79.9. The molecule has 1 N–H and O–H groups in total. The van der Waals surface area contributed by atoms with Gasteiger partial charge in [-0.1, -0.05) is 57.9 Å². The lowest BCUT2D eigenvalue weighted by atomic mass is 9.88. The first-order valence-corrected chi connectivity index (χ1v) is 12.4. The second-order valence-corrected chi connectivity index (χ2v) is 10.1. The number of fused-ring (bicyclic) bond motifs is 5. The minimum atomic E-state index is -0.858. The summed E-state index contributed by atoms with van der Waals surface area (Å²) in [6, 6.07) is 20.3. The van der Waals surface area contributed by atoms with Crippen molar-refractivity contribution in [3.8, 4) is 0 Å².